The lowest BCUT2D eigenvalue weighted by molar-refractivity contribution is 0.0746. The van der Waals surface area contributed by atoms with E-state index in [1.54, 1.807) is 0 Å². The molecule has 2 unspecified atom stereocenters. The standard InChI is InChI=1S/C16H23BrO/c1-12(2)15-6-4-14(5-7-15)10-16(11-17)8-9-18-13(16)3/h4-7,12-13H,8-11H2,1-3H3. The summed E-state index contributed by atoms with van der Waals surface area (Å²) in [5.74, 6) is 0.609. The molecule has 1 fully saturated rings. The zero-order chi connectivity index (χ0) is 13.2. The van der Waals surface area contributed by atoms with Crippen molar-refractivity contribution in [3.63, 3.8) is 0 Å². The summed E-state index contributed by atoms with van der Waals surface area (Å²) in [5.41, 5.74) is 3.12. The Hall–Kier alpha value is -0.340. The SMILES string of the molecule is CC(C)c1ccc(CC2(CBr)CCOC2C)cc1. The molecule has 2 heteroatoms. The Labute approximate surface area is 119 Å². The molecule has 0 aliphatic carbocycles. The molecule has 1 heterocycles. The first-order valence-electron chi connectivity index (χ1n) is 6.84. The third-order valence-corrected chi connectivity index (χ3v) is 5.42. The number of halogens is 1. The van der Waals surface area contributed by atoms with Crippen LogP contribution in [0.5, 0.6) is 0 Å². The van der Waals surface area contributed by atoms with Crippen molar-refractivity contribution in [1.29, 1.82) is 0 Å². The van der Waals surface area contributed by atoms with Gasteiger partial charge in [0.2, 0.25) is 0 Å². The van der Waals surface area contributed by atoms with Crippen LogP contribution in [-0.2, 0) is 11.2 Å². The molecule has 0 N–H and O–H groups in total. The van der Waals surface area contributed by atoms with E-state index in [-0.39, 0.29) is 5.41 Å². The van der Waals surface area contributed by atoms with E-state index < -0.39 is 0 Å². The molecular weight excluding hydrogens is 288 g/mol. The van der Waals surface area contributed by atoms with Crippen molar-refractivity contribution in [2.24, 2.45) is 5.41 Å². The van der Waals surface area contributed by atoms with Gasteiger partial charge in [0.15, 0.2) is 0 Å². The van der Waals surface area contributed by atoms with Gasteiger partial charge in [0.05, 0.1) is 6.10 Å². The van der Waals surface area contributed by atoms with Gasteiger partial charge in [0, 0.05) is 17.4 Å². The average molecular weight is 311 g/mol. The van der Waals surface area contributed by atoms with Crippen molar-refractivity contribution in [3.05, 3.63) is 35.4 Å². The van der Waals surface area contributed by atoms with Crippen molar-refractivity contribution in [3.8, 4) is 0 Å². The van der Waals surface area contributed by atoms with Crippen LogP contribution in [0.25, 0.3) is 0 Å². The Balaban J connectivity index is 2.13. The summed E-state index contributed by atoms with van der Waals surface area (Å²) in [6.07, 6.45) is 2.62. The molecule has 1 aromatic carbocycles. The molecule has 18 heavy (non-hydrogen) atoms. The predicted octanol–water partition coefficient (Wildman–Crippen LogP) is 4.54. The van der Waals surface area contributed by atoms with Gasteiger partial charge in [-0.25, -0.2) is 0 Å². The summed E-state index contributed by atoms with van der Waals surface area (Å²) in [5, 5.41) is 1.02. The van der Waals surface area contributed by atoms with E-state index in [4.69, 9.17) is 4.74 Å². The fourth-order valence-electron chi connectivity index (χ4n) is 2.70. The van der Waals surface area contributed by atoms with E-state index in [0.29, 0.717) is 12.0 Å². The van der Waals surface area contributed by atoms with Gasteiger partial charge >= 0.3 is 0 Å². The first kappa shape index (κ1) is 14.1. The highest BCUT2D eigenvalue weighted by atomic mass is 79.9. The van der Waals surface area contributed by atoms with E-state index in [1.807, 2.05) is 0 Å². The van der Waals surface area contributed by atoms with Crippen LogP contribution in [0.2, 0.25) is 0 Å². The van der Waals surface area contributed by atoms with Crippen LogP contribution >= 0.6 is 15.9 Å². The van der Waals surface area contributed by atoms with Crippen molar-refractivity contribution in [1.82, 2.24) is 0 Å². The predicted molar refractivity (Wildman–Crippen MR) is 80.5 cm³/mol. The van der Waals surface area contributed by atoms with E-state index in [2.05, 4.69) is 61.0 Å². The van der Waals surface area contributed by atoms with Crippen molar-refractivity contribution in [2.45, 2.75) is 45.6 Å². The maximum atomic E-state index is 5.76. The molecule has 0 bridgehead atoms. The molecule has 0 aromatic heterocycles. The van der Waals surface area contributed by atoms with Gasteiger partial charge in [-0.3, -0.25) is 0 Å². The molecule has 1 aromatic rings. The van der Waals surface area contributed by atoms with Gasteiger partial charge in [-0.15, -0.1) is 0 Å². The lowest BCUT2D eigenvalue weighted by Gasteiger charge is -2.30. The fourth-order valence-corrected chi connectivity index (χ4v) is 3.64. The Bertz CT molecular complexity index is 385. The molecule has 0 spiro atoms. The van der Waals surface area contributed by atoms with Crippen molar-refractivity contribution < 1.29 is 4.74 Å². The molecule has 1 aliphatic heterocycles. The first-order chi connectivity index (χ1) is 8.57. The lowest BCUT2D eigenvalue weighted by atomic mass is 9.78. The number of rotatable bonds is 4. The highest BCUT2D eigenvalue weighted by molar-refractivity contribution is 9.09. The van der Waals surface area contributed by atoms with Crippen LogP contribution in [0, 0.1) is 5.41 Å². The zero-order valence-electron chi connectivity index (χ0n) is 11.6. The third-order valence-electron chi connectivity index (χ3n) is 4.30. The molecule has 0 saturated carbocycles. The average Bonchev–Trinajstić information content (AvgIpc) is 2.72. The number of ether oxygens (including phenoxy) is 1. The second kappa shape index (κ2) is 5.75. The van der Waals surface area contributed by atoms with Crippen LogP contribution < -0.4 is 0 Å². The summed E-state index contributed by atoms with van der Waals surface area (Å²) in [6, 6.07) is 9.10. The summed E-state index contributed by atoms with van der Waals surface area (Å²) in [7, 11) is 0. The maximum absolute atomic E-state index is 5.76. The fraction of sp³-hybridized carbons (Fsp3) is 0.625. The lowest BCUT2D eigenvalue weighted by Crippen LogP contribution is -2.32. The molecule has 1 nitrogen and oxygen atoms in total. The Kier molecular flexibility index (Phi) is 4.50. The highest BCUT2D eigenvalue weighted by Gasteiger charge is 2.40. The van der Waals surface area contributed by atoms with E-state index in [0.717, 1.165) is 24.8 Å². The number of hydrogen-bond acceptors (Lipinski definition) is 1. The number of alkyl halides is 1. The molecule has 0 amide bonds. The highest BCUT2D eigenvalue weighted by Crippen LogP contribution is 2.39. The Morgan fingerprint density at radius 3 is 2.44 bits per heavy atom. The van der Waals surface area contributed by atoms with E-state index >= 15 is 0 Å². The van der Waals surface area contributed by atoms with Gasteiger partial charge in [-0.2, -0.15) is 0 Å². The van der Waals surface area contributed by atoms with Gasteiger partial charge in [0.25, 0.3) is 0 Å². The normalized spacial score (nSPS) is 27.9. The minimum absolute atomic E-state index is 0.277. The maximum Gasteiger partial charge on any atom is 0.0615 e. The monoisotopic (exact) mass is 310 g/mol. The molecule has 100 valence electrons. The molecular formula is C16H23BrO. The molecule has 1 saturated heterocycles. The Morgan fingerprint density at radius 2 is 2.00 bits per heavy atom. The van der Waals surface area contributed by atoms with Crippen LogP contribution in [0.3, 0.4) is 0 Å². The quantitative estimate of drug-likeness (QED) is 0.742. The molecule has 2 rings (SSSR count). The van der Waals surface area contributed by atoms with Gasteiger partial charge in [-0.05, 0) is 36.8 Å². The minimum atomic E-state index is 0.277. The summed E-state index contributed by atoms with van der Waals surface area (Å²) in [4.78, 5) is 0. The smallest absolute Gasteiger partial charge is 0.0615 e. The summed E-state index contributed by atoms with van der Waals surface area (Å²) in [6.45, 7) is 7.58. The summed E-state index contributed by atoms with van der Waals surface area (Å²) < 4.78 is 5.76. The van der Waals surface area contributed by atoms with Gasteiger partial charge in [0.1, 0.15) is 0 Å². The van der Waals surface area contributed by atoms with Crippen LogP contribution in [0.4, 0.5) is 0 Å². The molecule has 1 aliphatic rings. The largest absolute Gasteiger partial charge is 0.378 e. The number of benzene rings is 1. The zero-order valence-corrected chi connectivity index (χ0v) is 13.2. The summed E-state index contributed by atoms with van der Waals surface area (Å²) >= 11 is 3.69. The minimum Gasteiger partial charge on any atom is -0.378 e. The van der Waals surface area contributed by atoms with Crippen molar-refractivity contribution >= 4 is 15.9 Å². The van der Waals surface area contributed by atoms with E-state index in [9.17, 15) is 0 Å². The second-order valence-electron chi connectivity index (χ2n) is 5.83. The van der Waals surface area contributed by atoms with Crippen LogP contribution in [0.15, 0.2) is 24.3 Å². The van der Waals surface area contributed by atoms with Gasteiger partial charge < -0.3 is 4.74 Å². The third kappa shape index (κ3) is 2.80. The van der Waals surface area contributed by atoms with Gasteiger partial charge in [-0.1, -0.05) is 54.0 Å². The Morgan fingerprint density at radius 1 is 1.33 bits per heavy atom. The topological polar surface area (TPSA) is 9.23 Å². The van der Waals surface area contributed by atoms with Crippen molar-refractivity contribution in [2.75, 3.05) is 11.9 Å². The van der Waals surface area contributed by atoms with Crippen LogP contribution in [-0.4, -0.2) is 18.0 Å². The number of hydrogen-bond donors (Lipinski definition) is 0. The molecule has 2 atom stereocenters. The van der Waals surface area contributed by atoms with Crippen LogP contribution in [0.1, 0.15) is 44.2 Å². The van der Waals surface area contributed by atoms with E-state index in [1.165, 1.54) is 11.1 Å². The first-order valence-corrected chi connectivity index (χ1v) is 7.96. The second-order valence-corrected chi connectivity index (χ2v) is 6.39. The molecule has 0 radical (unpaired) electrons.